The molecule has 0 saturated carbocycles. The predicted molar refractivity (Wildman–Crippen MR) is 188 cm³/mol. The van der Waals surface area contributed by atoms with Crippen LogP contribution in [0.25, 0.3) is 0 Å². The highest BCUT2D eigenvalue weighted by atomic mass is 16.6. The molecule has 0 radical (unpaired) electrons. The Balaban J connectivity index is 5.77. The fourth-order valence-electron chi connectivity index (χ4n) is 3.40. The molecule has 0 aromatic carbocycles. The summed E-state index contributed by atoms with van der Waals surface area (Å²) in [6.07, 6.45) is -2.54. The van der Waals surface area contributed by atoms with Gasteiger partial charge >= 0.3 is 48.0 Å². The summed E-state index contributed by atoms with van der Waals surface area (Å²) in [4.78, 5) is 95.7. The van der Waals surface area contributed by atoms with Crippen LogP contribution in [0.1, 0.15) is 26.7 Å². The molecule has 0 aliphatic heterocycles. The maximum Gasteiger partial charge on any atom is 0.407 e. The van der Waals surface area contributed by atoms with Crippen molar-refractivity contribution in [3.8, 4) is 0 Å². The Morgan fingerprint density at radius 1 is 0.491 bits per heavy atom. The molecule has 0 atom stereocenters. The van der Waals surface area contributed by atoms with Gasteiger partial charge in [0, 0.05) is 11.1 Å². The molecule has 0 unspecified atom stereocenters. The average molecular weight is 787 g/mol. The lowest BCUT2D eigenvalue weighted by molar-refractivity contribution is -0.146. The summed E-state index contributed by atoms with van der Waals surface area (Å²) in [5.74, 6) is -4.37. The monoisotopic (exact) mass is 786 g/mol. The molecule has 0 aromatic rings. The molecule has 55 heavy (non-hydrogen) atoms. The molecule has 20 heteroatoms. The van der Waals surface area contributed by atoms with E-state index >= 15 is 0 Å². The van der Waals surface area contributed by atoms with Gasteiger partial charge in [0.1, 0.15) is 39.6 Å². The zero-order valence-corrected chi connectivity index (χ0v) is 31.6. The van der Waals surface area contributed by atoms with Gasteiger partial charge in [-0.3, -0.25) is 9.59 Å². The summed E-state index contributed by atoms with van der Waals surface area (Å²) in [6, 6.07) is 0. The molecule has 0 aromatic heterocycles. The van der Waals surface area contributed by atoms with E-state index in [1.54, 1.807) is 0 Å². The van der Waals surface area contributed by atoms with Crippen LogP contribution in [0, 0.1) is 5.41 Å². The lowest BCUT2D eigenvalue weighted by Gasteiger charge is -2.32. The molecular formula is C35H50N2O18. The number of hydrogen-bond acceptors (Lipinski definition) is 18. The Kier molecular flexibility index (Phi) is 24.9. The quantitative estimate of drug-likeness (QED) is 0.0486. The van der Waals surface area contributed by atoms with Crippen LogP contribution >= 0.6 is 0 Å². The first-order valence-electron chi connectivity index (χ1n) is 16.4. The van der Waals surface area contributed by atoms with Crippen molar-refractivity contribution in [2.24, 2.45) is 5.41 Å². The Hall–Kier alpha value is -5.76. The average Bonchev–Trinajstić information content (AvgIpc) is 3.16. The molecule has 2 N–H and O–H groups in total. The maximum atomic E-state index is 12.6. The van der Waals surface area contributed by atoms with E-state index in [1.807, 2.05) is 0 Å². The van der Waals surface area contributed by atoms with E-state index in [1.165, 1.54) is 13.8 Å². The Bertz CT molecular complexity index is 1300. The number of methoxy groups -OCH3 is 2. The molecule has 2 amide bonds. The van der Waals surface area contributed by atoms with Crippen LogP contribution in [0.3, 0.4) is 0 Å². The number of hydrogen-bond donors (Lipinski definition) is 2. The highest BCUT2D eigenvalue weighted by Crippen LogP contribution is 2.22. The van der Waals surface area contributed by atoms with Gasteiger partial charge in [0.25, 0.3) is 0 Å². The molecule has 0 aliphatic carbocycles. The summed E-state index contributed by atoms with van der Waals surface area (Å²) in [6.45, 7) is 12.9. The topological polar surface area (TPSA) is 253 Å². The largest absolute Gasteiger partial charge is 0.466 e. The third-order valence-electron chi connectivity index (χ3n) is 6.41. The lowest BCUT2D eigenvalue weighted by Crippen LogP contribution is -2.45. The highest BCUT2D eigenvalue weighted by Gasteiger charge is 2.36. The van der Waals surface area contributed by atoms with E-state index in [0.29, 0.717) is 0 Å². The van der Waals surface area contributed by atoms with Crippen molar-refractivity contribution < 1.29 is 85.7 Å². The standard InChI is InChI=1S/C35H50N2O18/c1-23(2)29(40)50-15-11-36-33(44)54-21-35(22-55-34(45)37-12-16-51-30(41)24(3)4,19-48-13-9-27(38)52-17-25(5)31(42)46-7)20-49-14-10-28(39)53-18-26(6)32(43)47-8/h1,3,5-6,9-22H2,2,4,7-8H3,(H,36,44)(H,37,45). The minimum absolute atomic E-state index is 0.0981. The van der Waals surface area contributed by atoms with Crippen LogP contribution in [-0.4, -0.2) is 141 Å². The summed E-state index contributed by atoms with van der Waals surface area (Å²) in [5, 5.41) is 4.76. The molecule has 0 rings (SSSR count). The maximum absolute atomic E-state index is 12.6. The summed E-state index contributed by atoms with van der Waals surface area (Å²) >= 11 is 0. The normalized spacial score (nSPS) is 10.4. The second-order valence-electron chi connectivity index (χ2n) is 11.5. The highest BCUT2D eigenvalue weighted by molar-refractivity contribution is 5.89. The van der Waals surface area contributed by atoms with Crippen LogP contribution < -0.4 is 10.6 Å². The molecule has 0 saturated heterocycles. The van der Waals surface area contributed by atoms with Gasteiger partial charge < -0.3 is 58.0 Å². The predicted octanol–water partition coefficient (Wildman–Crippen LogP) is 1.02. The van der Waals surface area contributed by atoms with Crippen LogP contribution in [-0.2, 0) is 76.1 Å². The van der Waals surface area contributed by atoms with Gasteiger partial charge in [-0.1, -0.05) is 26.3 Å². The van der Waals surface area contributed by atoms with Gasteiger partial charge in [-0.05, 0) is 13.8 Å². The zero-order valence-electron chi connectivity index (χ0n) is 31.6. The van der Waals surface area contributed by atoms with Gasteiger partial charge in [0.15, 0.2) is 0 Å². The van der Waals surface area contributed by atoms with Crippen molar-refractivity contribution in [3.05, 3.63) is 48.6 Å². The Morgan fingerprint density at radius 2 is 0.855 bits per heavy atom. The van der Waals surface area contributed by atoms with Gasteiger partial charge in [-0.2, -0.15) is 0 Å². The number of alkyl carbamates (subject to hydrolysis) is 2. The first-order valence-corrected chi connectivity index (χ1v) is 16.4. The fourth-order valence-corrected chi connectivity index (χ4v) is 3.40. The van der Waals surface area contributed by atoms with Crippen molar-refractivity contribution in [1.82, 2.24) is 10.6 Å². The van der Waals surface area contributed by atoms with Gasteiger partial charge in [0.05, 0.1) is 83.1 Å². The number of esters is 6. The third kappa shape index (κ3) is 23.5. The fraction of sp³-hybridized carbons (Fsp3) is 0.543. The van der Waals surface area contributed by atoms with Crippen LogP contribution in [0.2, 0.25) is 0 Å². The molecule has 0 fully saturated rings. The Morgan fingerprint density at radius 3 is 1.18 bits per heavy atom. The number of rotatable bonds is 28. The first-order chi connectivity index (χ1) is 26.0. The SMILES string of the molecule is C=C(C)C(=O)OCCNC(=O)OCC(COCCC(=O)OCC(=C)C(=O)OC)(COCCC(=O)OCC(=C)C(=O)OC)COC(=O)NCCOC(=O)C(=C)C. The van der Waals surface area contributed by atoms with E-state index in [9.17, 15) is 38.4 Å². The second-order valence-corrected chi connectivity index (χ2v) is 11.5. The van der Waals surface area contributed by atoms with Crippen molar-refractivity contribution in [3.63, 3.8) is 0 Å². The minimum atomic E-state index is -1.49. The smallest absolute Gasteiger partial charge is 0.407 e. The molecule has 308 valence electrons. The van der Waals surface area contributed by atoms with E-state index in [0.717, 1.165) is 14.2 Å². The van der Waals surface area contributed by atoms with E-state index < -0.39 is 79.8 Å². The molecule has 0 bridgehead atoms. The number of carbonyl (C=O) groups is 8. The summed E-state index contributed by atoms with van der Waals surface area (Å²) < 4.78 is 50.9. The van der Waals surface area contributed by atoms with Gasteiger partial charge in [0.2, 0.25) is 0 Å². The van der Waals surface area contributed by atoms with Gasteiger partial charge in [-0.15, -0.1) is 0 Å². The van der Waals surface area contributed by atoms with Crippen LogP contribution in [0.5, 0.6) is 0 Å². The zero-order chi connectivity index (χ0) is 41.8. The molecule has 0 heterocycles. The van der Waals surface area contributed by atoms with E-state index in [4.69, 9.17) is 37.9 Å². The number of amides is 2. The number of ether oxygens (including phenoxy) is 10. The minimum Gasteiger partial charge on any atom is -0.466 e. The third-order valence-corrected chi connectivity index (χ3v) is 6.41. The van der Waals surface area contributed by atoms with Crippen LogP contribution in [0.4, 0.5) is 9.59 Å². The van der Waals surface area contributed by atoms with Crippen molar-refractivity contribution in [1.29, 1.82) is 0 Å². The lowest BCUT2D eigenvalue weighted by atomic mass is 9.92. The Labute approximate surface area is 318 Å². The second kappa shape index (κ2) is 27.8. The summed E-state index contributed by atoms with van der Waals surface area (Å²) in [7, 11) is 2.28. The van der Waals surface area contributed by atoms with E-state index in [2.05, 4.69) is 46.4 Å². The molecule has 0 spiro atoms. The molecule has 0 aliphatic rings. The van der Waals surface area contributed by atoms with Crippen molar-refractivity contribution in [2.45, 2.75) is 26.7 Å². The van der Waals surface area contributed by atoms with E-state index in [-0.39, 0.29) is 87.9 Å². The summed E-state index contributed by atoms with van der Waals surface area (Å²) in [5.41, 5.74) is -1.37. The first kappa shape index (κ1) is 49.2. The number of nitrogens with one attached hydrogen (secondary N) is 2. The van der Waals surface area contributed by atoms with Crippen LogP contribution in [0.15, 0.2) is 48.6 Å². The van der Waals surface area contributed by atoms with Crippen molar-refractivity contribution >= 4 is 48.0 Å². The molecule has 20 nitrogen and oxygen atoms in total. The van der Waals surface area contributed by atoms with Gasteiger partial charge in [-0.25, -0.2) is 28.8 Å². The molecular weight excluding hydrogens is 736 g/mol. The number of carbonyl (C=O) groups excluding carboxylic acids is 8. The van der Waals surface area contributed by atoms with Crippen molar-refractivity contribution in [2.75, 3.05) is 93.4 Å².